The number of benzene rings is 1. The summed E-state index contributed by atoms with van der Waals surface area (Å²) < 4.78 is 20.6. The van der Waals surface area contributed by atoms with Crippen molar-refractivity contribution in [3.05, 3.63) is 41.1 Å². The molecule has 0 bridgehead atoms. The summed E-state index contributed by atoms with van der Waals surface area (Å²) in [5.74, 6) is 1.40. The molecule has 0 radical (unpaired) electrons. The maximum absolute atomic E-state index is 13.7. The van der Waals surface area contributed by atoms with Crippen molar-refractivity contribution in [3.8, 4) is 0 Å². The van der Waals surface area contributed by atoms with Crippen LogP contribution in [0.3, 0.4) is 0 Å². The van der Waals surface area contributed by atoms with Crippen molar-refractivity contribution in [2.45, 2.75) is 32.7 Å². The van der Waals surface area contributed by atoms with Crippen LogP contribution in [0, 0.1) is 19.7 Å². The Kier molecular flexibility index (Phi) is 3.41. The van der Waals surface area contributed by atoms with Gasteiger partial charge in [-0.2, -0.15) is 4.98 Å². The summed E-state index contributed by atoms with van der Waals surface area (Å²) in [7, 11) is 0. The van der Waals surface area contributed by atoms with Crippen molar-refractivity contribution < 1.29 is 8.91 Å². The Morgan fingerprint density at radius 1 is 1.33 bits per heavy atom. The minimum atomic E-state index is -0.311. The summed E-state index contributed by atoms with van der Waals surface area (Å²) in [6, 6.07) is 3.18. The third kappa shape index (κ3) is 2.51. The zero-order valence-corrected chi connectivity index (χ0v) is 12.6. The average molecular weight is 309 g/mol. The van der Waals surface area contributed by atoms with Gasteiger partial charge in [0.05, 0.1) is 23.0 Å². The standard InChI is InChI=1S/C14H14ClFN4O/c1-7-4-12-11(5-10(7)16)18-14(8(2)15)20(12)6-13-17-9(3)21-19-13/h4-5,8H,6H2,1-3H3. The smallest absolute Gasteiger partial charge is 0.223 e. The number of fused-ring (bicyclic) bond motifs is 1. The zero-order valence-electron chi connectivity index (χ0n) is 11.9. The quantitative estimate of drug-likeness (QED) is 0.695. The first-order valence-corrected chi connectivity index (χ1v) is 6.99. The second kappa shape index (κ2) is 5.11. The van der Waals surface area contributed by atoms with Crippen molar-refractivity contribution >= 4 is 22.6 Å². The lowest BCUT2D eigenvalue weighted by atomic mass is 10.2. The van der Waals surface area contributed by atoms with Gasteiger partial charge in [0.2, 0.25) is 5.89 Å². The molecule has 3 rings (SSSR count). The van der Waals surface area contributed by atoms with E-state index in [1.807, 2.05) is 11.5 Å². The van der Waals surface area contributed by atoms with E-state index in [1.165, 1.54) is 6.07 Å². The molecular weight excluding hydrogens is 295 g/mol. The van der Waals surface area contributed by atoms with Gasteiger partial charge in [-0.3, -0.25) is 0 Å². The van der Waals surface area contributed by atoms with Crippen LogP contribution in [0.15, 0.2) is 16.7 Å². The highest BCUT2D eigenvalue weighted by Crippen LogP contribution is 2.27. The Morgan fingerprint density at radius 2 is 2.10 bits per heavy atom. The molecule has 0 aliphatic heterocycles. The SMILES string of the molecule is Cc1nc(Cn2c(C(C)Cl)nc3cc(F)c(C)cc32)no1. The highest BCUT2D eigenvalue weighted by Gasteiger charge is 2.18. The lowest BCUT2D eigenvalue weighted by molar-refractivity contribution is 0.386. The number of nitrogens with zero attached hydrogens (tertiary/aromatic N) is 4. The molecule has 21 heavy (non-hydrogen) atoms. The molecule has 1 unspecified atom stereocenters. The van der Waals surface area contributed by atoms with Gasteiger partial charge < -0.3 is 9.09 Å². The first-order valence-electron chi connectivity index (χ1n) is 6.55. The topological polar surface area (TPSA) is 56.7 Å². The highest BCUT2D eigenvalue weighted by atomic mass is 35.5. The summed E-state index contributed by atoms with van der Waals surface area (Å²) >= 11 is 6.19. The van der Waals surface area contributed by atoms with E-state index in [4.69, 9.17) is 16.1 Å². The summed E-state index contributed by atoms with van der Waals surface area (Å²) in [6.07, 6.45) is 0. The molecule has 7 heteroatoms. The molecule has 0 aliphatic carbocycles. The van der Waals surface area contributed by atoms with Crippen LogP contribution in [-0.4, -0.2) is 19.7 Å². The molecule has 1 atom stereocenters. The lowest BCUT2D eigenvalue weighted by Crippen LogP contribution is -2.07. The maximum Gasteiger partial charge on any atom is 0.223 e. The largest absolute Gasteiger partial charge is 0.340 e. The van der Waals surface area contributed by atoms with E-state index in [0.29, 0.717) is 35.2 Å². The van der Waals surface area contributed by atoms with Gasteiger partial charge in [0.1, 0.15) is 11.6 Å². The van der Waals surface area contributed by atoms with Crippen LogP contribution in [0.1, 0.15) is 35.4 Å². The van der Waals surface area contributed by atoms with Gasteiger partial charge in [0.15, 0.2) is 5.82 Å². The lowest BCUT2D eigenvalue weighted by Gasteiger charge is -2.08. The van der Waals surface area contributed by atoms with Crippen LogP contribution in [0.2, 0.25) is 0 Å². The minimum Gasteiger partial charge on any atom is -0.340 e. The number of aromatic nitrogens is 4. The summed E-state index contributed by atoms with van der Waals surface area (Å²) in [6.45, 7) is 5.65. The molecule has 1 aromatic carbocycles. The van der Waals surface area contributed by atoms with E-state index in [0.717, 1.165) is 5.52 Å². The van der Waals surface area contributed by atoms with Gasteiger partial charge in [-0.05, 0) is 25.5 Å². The molecule has 2 aromatic heterocycles. The van der Waals surface area contributed by atoms with Crippen molar-refractivity contribution in [1.82, 2.24) is 19.7 Å². The Bertz CT molecular complexity index is 809. The van der Waals surface area contributed by atoms with E-state index in [9.17, 15) is 4.39 Å². The van der Waals surface area contributed by atoms with E-state index >= 15 is 0 Å². The van der Waals surface area contributed by atoms with Crippen molar-refractivity contribution in [1.29, 1.82) is 0 Å². The number of alkyl halides is 1. The number of hydrogen-bond acceptors (Lipinski definition) is 4. The molecule has 2 heterocycles. The Morgan fingerprint density at radius 3 is 2.71 bits per heavy atom. The van der Waals surface area contributed by atoms with Crippen molar-refractivity contribution in [2.75, 3.05) is 0 Å². The fourth-order valence-electron chi connectivity index (χ4n) is 2.29. The molecule has 5 nitrogen and oxygen atoms in total. The van der Waals surface area contributed by atoms with E-state index < -0.39 is 0 Å². The van der Waals surface area contributed by atoms with Gasteiger partial charge in [-0.15, -0.1) is 11.6 Å². The maximum atomic E-state index is 13.7. The predicted molar refractivity (Wildman–Crippen MR) is 76.8 cm³/mol. The van der Waals surface area contributed by atoms with Gasteiger partial charge in [0, 0.05) is 13.0 Å². The van der Waals surface area contributed by atoms with Crippen molar-refractivity contribution in [3.63, 3.8) is 0 Å². The van der Waals surface area contributed by atoms with Crippen LogP contribution in [-0.2, 0) is 6.54 Å². The molecule has 0 amide bonds. The third-order valence-corrected chi connectivity index (χ3v) is 3.48. The Balaban J connectivity index is 2.17. The predicted octanol–water partition coefficient (Wildman–Crippen LogP) is 3.52. The van der Waals surface area contributed by atoms with Crippen LogP contribution >= 0.6 is 11.6 Å². The van der Waals surface area contributed by atoms with Gasteiger partial charge in [-0.25, -0.2) is 9.37 Å². The molecule has 0 saturated heterocycles. The van der Waals surface area contributed by atoms with Crippen LogP contribution < -0.4 is 0 Å². The van der Waals surface area contributed by atoms with Crippen LogP contribution in [0.5, 0.6) is 0 Å². The molecule has 0 spiro atoms. The molecule has 3 aromatic rings. The Hall–Kier alpha value is -1.95. The van der Waals surface area contributed by atoms with E-state index in [2.05, 4.69) is 15.1 Å². The number of rotatable bonds is 3. The normalized spacial score (nSPS) is 13.0. The monoisotopic (exact) mass is 308 g/mol. The minimum absolute atomic E-state index is 0.281. The van der Waals surface area contributed by atoms with Gasteiger partial charge in [0.25, 0.3) is 0 Å². The summed E-state index contributed by atoms with van der Waals surface area (Å²) in [4.78, 5) is 8.61. The molecule has 0 N–H and O–H groups in total. The van der Waals surface area contributed by atoms with E-state index in [1.54, 1.807) is 19.9 Å². The van der Waals surface area contributed by atoms with Gasteiger partial charge in [-0.1, -0.05) is 5.16 Å². The molecule has 0 saturated carbocycles. The molecule has 0 fully saturated rings. The molecule has 110 valence electrons. The molecule has 0 aliphatic rings. The average Bonchev–Trinajstić information content (AvgIpc) is 2.96. The number of imidazole rings is 1. The second-order valence-electron chi connectivity index (χ2n) is 4.99. The number of halogens is 2. The third-order valence-electron chi connectivity index (χ3n) is 3.28. The van der Waals surface area contributed by atoms with Crippen LogP contribution in [0.4, 0.5) is 4.39 Å². The molecular formula is C14H14ClFN4O. The number of aryl methyl sites for hydroxylation is 2. The van der Waals surface area contributed by atoms with E-state index in [-0.39, 0.29) is 11.2 Å². The summed E-state index contributed by atoms with van der Waals surface area (Å²) in [5, 5.41) is 3.57. The Labute approximate surface area is 125 Å². The fraction of sp³-hybridized carbons (Fsp3) is 0.357. The van der Waals surface area contributed by atoms with Crippen molar-refractivity contribution in [2.24, 2.45) is 0 Å². The second-order valence-corrected chi connectivity index (χ2v) is 5.65. The highest BCUT2D eigenvalue weighted by molar-refractivity contribution is 6.20. The fourth-order valence-corrected chi connectivity index (χ4v) is 2.45. The number of hydrogen-bond donors (Lipinski definition) is 0. The van der Waals surface area contributed by atoms with Crippen LogP contribution in [0.25, 0.3) is 11.0 Å². The van der Waals surface area contributed by atoms with Gasteiger partial charge >= 0.3 is 0 Å². The first kappa shape index (κ1) is 14.0. The zero-order chi connectivity index (χ0) is 15.1. The summed E-state index contributed by atoms with van der Waals surface area (Å²) in [5.41, 5.74) is 1.93. The first-order chi connectivity index (χ1) is 9.95.